The minimum absolute atomic E-state index is 0.0584. The molecule has 0 fully saturated rings. The van der Waals surface area contributed by atoms with E-state index in [1.54, 1.807) is 31.2 Å². The van der Waals surface area contributed by atoms with Crippen LogP contribution in [0.5, 0.6) is 5.75 Å². The lowest BCUT2D eigenvalue weighted by atomic mass is 10.2. The van der Waals surface area contributed by atoms with Crippen LogP contribution in [0.1, 0.15) is 16.2 Å². The van der Waals surface area contributed by atoms with E-state index in [0.29, 0.717) is 16.4 Å². The summed E-state index contributed by atoms with van der Waals surface area (Å²) in [5.41, 5.74) is 1.31. The average molecular weight is 422 g/mol. The van der Waals surface area contributed by atoms with Crippen molar-refractivity contribution in [1.29, 1.82) is 0 Å². The summed E-state index contributed by atoms with van der Waals surface area (Å²) >= 11 is 5.99. The lowest BCUT2D eigenvalue weighted by Crippen LogP contribution is -2.17. The molecular formula is C17H16ClN5O4S. The molecule has 0 aliphatic heterocycles. The number of hydrogen-bond donors (Lipinski definition) is 2. The summed E-state index contributed by atoms with van der Waals surface area (Å²) in [5, 5.41) is 16.2. The van der Waals surface area contributed by atoms with Crippen LogP contribution in [-0.4, -0.2) is 36.4 Å². The summed E-state index contributed by atoms with van der Waals surface area (Å²) in [6.45, 7) is 1.67. The van der Waals surface area contributed by atoms with Crippen molar-refractivity contribution in [2.45, 2.75) is 11.8 Å². The lowest BCUT2D eigenvalue weighted by molar-refractivity contribution is 0.102. The zero-order valence-electron chi connectivity index (χ0n) is 14.9. The van der Waals surface area contributed by atoms with E-state index in [-0.39, 0.29) is 22.0 Å². The van der Waals surface area contributed by atoms with Crippen LogP contribution in [0.25, 0.3) is 5.69 Å². The number of halogens is 1. The predicted octanol–water partition coefficient (Wildman–Crippen LogP) is 2.14. The molecule has 2 aromatic carbocycles. The topological polar surface area (TPSA) is 129 Å². The maximum Gasteiger partial charge on any atom is 0.278 e. The smallest absolute Gasteiger partial charge is 0.278 e. The van der Waals surface area contributed by atoms with E-state index in [0.717, 1.165) is 0 Å². The number of methoxy groups -OCH3 is 1. The Balaban J connectivity index is 1.94. The van der Waals surface area contributed by atoms with Crippen LogP contribution >= 0.6 is 11.6 Å². The van der Waals surface area contributed by atoms with E-state index in [2.05, 4.69) is 15.6 Å². The highest BCUT2D eigenvalue weighted by molar-refractivity contribution is 7.89. The number of anilines is 1. The first-order valence-electron chi connectivity index (χ1n) is 7.91. The van der Waals surface area contributed by atoms with Crippen molar-refractivity contribution in [1.82, 2.24) is 15.0 Å². The van der Waals surface area contributed by atoms with Crippen molar-refractivity contribution in [3.8, 4) is 11.4 Å². The van der Waals surface area contributed by atoms with Gasteiger partial charge in [-0.15, -0.1) is 5.10 Å². The number of benzene rings is 2. The molecule has 3 N–H and O–H groups in total. The maximum absolute atomic E-state index is 12.7. The van der Waals surface area contributed by atoms with Crippen molar-refractivity contribution in [2.24, 2.45) is 5.14 Å². The van der Waals surface area contributed by atoms with Gasteiger partial charge in [0.1, 0.15) is 5.75 Å². The van der Waals surface area contributed by atoms with Gasteiger partial charge < -0.3 is 10.1 Å². The summed E-state index contributed by atoms with van der Waals surface area (Å²) in [5.74, 6) is -0.323. The Bertz CT molecular complexity index is 1160. The fourth-order valence-corrected chi connectivity index (χ4v) is 3.26. The van der Waals surface area contributed by atoms with Gasteiger partial charge in [0.25, 0.3) is 5.91 Å². The van der Waals surface area contributed by atoms with Crippen molar-refractivity contribution in [3.05, 3.63) is 58.9 Å². The average Bonchev–Trinajstić information content (AvgIpc) is 3.02. The highest BCUT2D eigenvalue weighted by atomic mass is 35.5. The van der Waals surface area contributed by atoms with Crippen molar-refractivity contribution in [2.75, 3.05) is 12.4 Å². The molecule has 28 heavy (non-hydrogen) atoms. The Kier molecular flexibility index (Phi) is 5.36. The SMILES string of the molecule is COc1ccc(S(N)(=O)=O)cc1NC(=O)c1nnn(-c2cccc(Cl)c2)c1C. The number of rotatable bonds is 5. The van der Waals surface area contributed by atoms with E-state index in [4.69, 9.17) is 21.5 Å². The maximum atomic E-state index is 12.7. The van der Waals surface area contributed by atoms with E-state index in [1.807, 2.05) is 0 Å². The largest absolute Gasteiger partial charge is 0.495 e. The molecule has 0 saturated carbocycles. The van der Waals surface area contributed by atoms with Crippen LogP contribution in [0.3, 0.4) is 0 Å². The summed E-state index contributed by atoms with van der Waals surface area (Å²) in [7, 11) is -2.56. The van der Waals surface area contributed by atoms with Gasteiger partial charge in [0.2, 0.25) is 10.0 Å². The predicted molar refractivity (Wildman–Crippen MR) is 103 cm³/mol. The Morgan fingerprint density at radius 3 is 2.64 bits per heavy atom. The van der Waals surface area contributed by atoms with Crippen LogP contribution in [-0.2, 0) is 10.0 Å². The van der Waals surface area contributed by atoms with Crippen LogP contribution in [0.15, 0.2) is 47.4 Å². The third kappa shape index (κ3) is 3.98. The van der Waals surface area contributed by atoms with Gasteiger partial charge in [0.05, 0.1) is 29.1 Å². The molecule has 1 heterocycles. The molecule has 0 saturated heterocycles. The number of carbonyl (C=O) groups excluding carboxylic acids is 1. The molecule has 3 aromatic rings. The normalized spacial score (nSPS) is 11.3. The molecule has 0 spiro atoms. The van der Waals surface area contributed by atoms with E-state index >= 15 is 0 Å². The molecule has 0 atom stereocenters. The molecule has 11 heteroatoms. The number of aromatic nitrogens is 3. The van der Waals surface area contributed by atoms with Gasteiger partial charge >= 0.3 is 0 Å². The zero-order valence-corrected chi connectivity index (χ0v) is 16.5. The first-order valence-corrected chi connectivity index (χ1v) is 9.83. The van der Waals surface area contributed by atoms with E-state index in [1.165, 1.54) is 30.0 Å². The molecule has 0 bridgehead atoms. The minimum Gasteiger partial charge on any atom is -0.495 e. The van der Waals surface area contributed by atoms with Gasteiger partial charge in [-0.05, 0) is 43.3 Å². The van der Waals surface area contributed by atoms with Crippen LogP contribution in [0.4, 0.5) is 5.69 Å². The molecule has 3 rings (SSSR count). The first kappa shape index (κ1) is 19.8. The Morgan fingerprint density at radius 1 is 1.25 bits per heavy atom. The minimum atomic E-state index is -3.95. The molecule has 146 valence electrons. The number of primary sulfonamides is 1. The molecular weight excluding hydrogens is 406 g/mol. The van der Waals surface area contributed by atoms with Crippen LogP contribution in [0.2, 0.25) is 5.02 Å². The van der Waals surface area contributed by atoms with Crippen molar-refractivity contribution in [3.63, 3.8) is 0 Å². The van der Waals surface area contributed by atoms with Gasteiger partial charge in [-0.1, -0.05) is 22.9 Å². The molecule has 0 radical (unpaired) electrons. The Morgan fingerprint density at radius 2 is 2.00 bits per heavy atom. The zero-order chi connectivity index (χ0) is 20.5. The summed E-state index contributed by atoms with van der Waals surface area (Å²) in [6, 6.07) is 10.8. The van der Waals surface area contributed by atoms with Gasteiger partial charge in [0, 0.05) is 5.02 Å². The molecule has 9 nitrogen and oxygen atoms in total. The van der Waals surface area contributed by atoms with Crippen LogP contribution in [0, 0.1) is 6.92 Å². The Labute approximate surface area is 166 Å². The number of ether oxygens (including phenoxy) is 1. The van der Waals surface area contributed by atoms with Gasteiger partial charge in [-0.25, -0.2) is 18.2 Å². The third-order valence-electron chi connectivity index (χ3n) is 3.91. The molecule has 1 amide bonds. The quantitative estimate of drug-likeness (QED) is 0.649. The number of sulfonamides is 1. The molecule has 0 aliphatic carbocycles. The standard InChI is InChI=1S/C17H16ClN5O4S/c1-10-16(21-22-23(10)12-5-3-4-11(18)8-12)17(24)20-14-9-13(28(19,25)26)6-7-15(14)27-2/h3-9H,1-2H3,(H,20,24)(H2,19,25,26). The highest BCUT2D eigenvalue weighted by Gasteiger charge is 2.20. The second-order valence-electron chi connectivity index (χ2n) is 5.78. The van der Waals surface area contributed by atoms with E-state index in [9.17, 15) is 13.2 Å². The fourth-order valence-electron chi connectivity index (χ4n) is 2.54. The number of hydrogen-bond acceptors (Lipinski definition) is 6. The van der Waals surface area contributed by atoms with Crippen LogP contribution < -0.4 is 15.2 Å². The number of nitrogens with two attached hydrogens (primary N) is 1. The Hall–Kier alpha value is -2.95. The number of nitrogens with zero attached hydrogens (tertiary/aromatic N) is 3. The second kappa shape index (κ2) is 7.58. The molecule has 0 unspecified atom stereocenters. The van der Waals surface area contributed by atoms with Crippen molar-refractivity contribution < 1.29 is 17.9 Å². The van der Waals surface area contributed by atoms with Crippen molar-refractivity contribution >= 4 is 33.2 Å². The van der Waals surface area contributed by atoms with Gasteiger partial charge in [-0.2, -0.15) is 0 Å². The summed E-state index contributed by atoms with van der Waals surface area (Å²) in [6.07, 6.45) is 0. The van der Waals surface area contributed by atoms with Gasteiger partial charge in [-0.3, -0.25) is 4.79 Å². The monoisotopic (exact) mass is 421 g/mol. The van der Waals surface area contributed by atoms with Gasteiger partial charge in [0.15, 0.2) is 5.69 Å². The van der Waals surface area contributed by atoms with E-state index < -0.39 is 15.9 Å². The third-order valence-corrected chi connectivity index (χ3v) is 5.06. The number of nitrogens with one attached hydrogen (secondary N) is 1. The fraction of sp³-hybridized carbons (Fsp3) is 0.118. The number of carbonyl (C=O) groups is 1. The highest BCUT2D eigenvalue weighted by Crippen LogP contribution is 2.28. The molecule has 1 aromatic heterocycles. The first-order chi connectivity index (χ1) is 13.2. The number of amides is 1. The second-order valence-corrected chi connectivity index (χ2v) is 7.77. The lowest BCUT2D eigenvalue weighted by Gasteiger charge is -2.11. The summed E-state index contributed by atoms with van der Waals surface area (Å²) in [4.78, 5) is 12.5. The summed E-state index contributed by atoms with van der Waals surface area (Å²) < 4.78 is 29.8. The molecule has 0 aliphatic rings.